The predicted molar refractivity (Wildman–Crippen MR) is 124 cm³/mol. The maximum atomic E-state index is 12.9. The van der Waals surface area contributed by atoms with Crippen molar-refractivity contribution in [3.05, 3.63) is 83.4 Å². The number of benzene rings is 3. The largest absolute Gasteiger partial charge is 0.497 e. The minimum atomic E-state index is -0.0702. The second-order valence-corrected chi connectivity index (χ2v) is 8.67. The van der Waals surface area contributed by atoms with Crippen molar-refractivity contribution in [1.82, 2.24) is 0 Å². The fourth-order valence-corrected chi connectivity index (χ4v) is 4.87. The molecule has 1 unspecified atom stereocenters. The van der Waals surface area contributed by atoms with Gasteiger partial charge in [0, 0.05) is 17.0 Å². The van der Waals surface area contributed by atoms with E-state index in [4.69, 9.17) is 9.73 Å². The lowest BCUT2D eigenvalue weighted by atomic mass is 10.0. The fraction of sp³-hybridized carbons (Fsp3) is 0.200. The molecule has 1 N–H and O–H groups in total. The lowest BCUT2D eigenvalue weighted by molar-refractivity contribution is -0.116. The number of carbonyl (C=O) groups excluding carboxylic acids is 1. The summed E-state index contributed by atoms with van der Waals surface area (Å²) in [4.78, 5) is 18.9. The third-order valence-corrected chi connectivity index (χ3v) is 6.22. The smallest absolute Gasteiger partial charge is 0.225 e. The van der Waals surface area contributed by atoms with Gasteiger partial charge in [0.2, 0.25) is 5.91 Å². The molecule has 0 bridgehead atoms. The number of methoxy groups -OCH3 is 1. The van der Waals surface area contributed by atoms with Crippen LogP contribution in [0.2, 0.25) is 0 Å². The van der Waals surface area contributed by atoms with Crippen molar-refractivity contribution in [3.63, 3.8) is 0 Å². The topological polar surface area (TPSA) is 50.7 Å². The maximum Gasteiger partial charge on any atom is 0.225 e. The second-order valence-electron chi connectivity index (χ2n) is 7.43. The van der Waals surface area contributed by atoms with Gasteiger partial charge in [-0.3, -0.25) is 9.79 Å². The van der Waals surface area contributed by atoms with Gasteiger partial charge in [0.15, 0.2) is 0 Å². The molecular weight excluding hydrogens is 392 g/mol. The summed E-state index contributed by atoms with van der Waals surface area (Å²) >= 11 is 1.69. The van der Waals surface area contributed by atoms with Gasteiger partial charge in [-0.15, -0.1) is 11.8 Å². The lowest BCUT2D eigenvalue weighted by Gasteiger charge is -2.24. The van der Waals surface area contributed by atoms with E-state index in [1.54, 1.807) is 18.9 Å². The van der Waals surface area contributed by atoms with E-state index in [1.165, 1.54) is 0 Å². The normalized spacial score (nSPS) is 15.2. The Labute approximate surface area is 181 Å². The molecule has 3 aromatic carbocycles. The molecule has 0 saturated carbocycles. The van der Waals surface area contributed by atoms with Gasteiger partial charge in [-0.1, -0.05) is 18.2 Å². The van der Waals surface area contributed by atoms with Gasteiger partial charge in [-0.05, 0) is 79.1 Å². The van der Waals surface area contributed by atoms with Crippen LogP contribution in [0.5, 0.6) is 5.75 Å². The van der Waals surface area contributed by atoms with Gasteiger partial charge in [0.05, 0.1) is 23.8 Å². The van der Waals surface area contributed by atoms with Crippen LogP contribution in [0.4, 0.5) is 11.4 Å². The summed E-state index contributed by atoms with van der Waals surface area (Å²) in [5.41, 5.74) is 5.96. The van der Waals surface area contributed by atoms with Crippen molar-refractivity contribution in [2.45, 2.75) is 30.4 Å². The Bertz CT molecular complexity index is 1090. The highest BCUT2D eigenvalue weighted by Gasteiger charge is 2.27. The molecule has 0 radical (unpaired) electrons. The first-order valence-electron chi connectivity index (χ1n) is 9.88. The van der Waals surface area contributed by atoms with Crippen molar-refractivity contribution in [1.29, 1.82) is 0 Å². The number of nitrogens with zero attached hydrogens (tertiary/aromatic N) is 1. The van der Waals surface area contributed by atoms with Crippen LogP contribution >= 0.6 is 11.8 Å². The highest BCUT2D eigenvalue weighted by Crippen LogP contribution is 2.40. The summed E-state index contributed by atoms with van der Waals surface area (Å²) in [6.45, 7) is 4.07. The first-order chi connectivity index (χ1) is 14.5. The van der Waals surface area contributed by atoms with Crippen LogP contribution in [0.3, 0.4) is 0 Å². The SMILES string of the molecule is COc1ccc(C2=Nc3ccccc3SC2CC(=O)Nc2cc(C)cc(C)c2)cc1. The van der Waals surface area contributed by atoms with Crippen LogP contribution in [0.25, 0.3) is 0 Å². The molecule has 0 fully saturated rings. The Hall–Kier alpha value is -3.05. The van der Waals surface area contributed by atoms with Crippen LogP contribution in [-0.4, -0.2) is 24.0 Å². The lowest BCUT2D eigenvalue weighted by Crippen LogP contribution is -2.27. The molecule has 152 valence electrons. The van der Waals surface area contributed by atoms with Gasteiger partial charge >= 0.3 is 0 Å². The Morgan fingerprint density at radius 3 is 2.43 bits per heavy atom. The third kappa shape index (κ3) is 4.57. The Kier molecular flexibility index (Phi) is 5.91. The maximum absolute atomic E-state index is 12.9. The first-order valence-corrected chi connectivity index (χ1v) is 10.8. The number of para-hydroxylation sites is 1. The average molecular weight is 417 g/mol. The van der Waals surface area contributed by atoms with E-state index >= 15 is 0 Å². The van der Waals surface area contributed by atoms with E-state index in [9.17, 15) is 4.79 Å². The molecule has 4 rings (SSSR count). The zero-order valence-electron chi connectivity index (χ0n) is 17.3. The average Bonchev–Trinajstić information content (AvgIpc) is 2.72. The standard InChI is InChI=1S/C25H24N2O2S/c1-16-12-17(2)14-19(13-16)26-24(28)15-23-25(18-8-10-20(29-3)11-9-18)27-21-6-4-5-7-22(21)30-23/h4-14,23H,15H2,1-3H3,(H,26,28). The molecule has 30 heavy (non-hydrogen) atoms. The van der Waals surface area contributed by atoms with Crippen molar-refractivity contribution < 1.29 is 9.53 Å². The minimum Gasteiger partial charge on any atom is -0.497 e. The number of rotatable bonds is 5. The number of fused-ring (bicyclic) bond motifs is 1. The van der Waals surface area contributed by atoms with Crippen molar-refractivity contribution >= 4 is 34.8 Å². The van der Waals surface area contributed by atoms with Crippen molar-refractivity contribution in [2.24, 2.45) is 4.99 Å². The van der Waals surface area contributed by atoms with E-state index in [0.29, 0.717) is 6.42 Å². The number of hydrogen-bond donors (Lipinski definition) is 1. The summed E-state index contributed by atoms with van der Waals surface area (Å²) in [7, 11) is 1.65. The summed E-state index contributed by atoms with van der Waals surface area (Å²) in [5.74, 6) is 0.783. The highest BCUT2D eigenvalue weighted by atomic mass is 32.2. The van der Waals surface area contributed by atoms with E-state index < -0.39 is 0 Å². The number of aliphatic imine (C=N–C) groups is 1. The van der Waals surface area contributed by atoms with Crippen molar-refractivity contribution in [3.8, 4) is 5.75 Å². The monoisotopic (exact) mass is 416 g/mol. The molecule has 3 aromatic rings. The van der Waals surface area contributed by atoms with Crippen LogP contribution in [0.15, 0.2) is 76.6 Å². The van der Waals surface area contributed by atoms with Crippen LogP contribution in [0.1, 0.15) is 23.1 Å². The fourth-order valence-electron chi connectivity index (χ4n) is 3.64. The molecule has 1 amide bonds. The number of hydrogen-bond acceptors (Lipinski definition) is 4. The van der Waals surface area contributed by atoms with Gasteiger partial charge < -0.3 is 10.1 Å². The first kappa shape index (κ1) is 20.2. The molecular formula is C25H24N2O2S. The second kappa shape index (κ2) is 8.76. The number of anilines is 1. The molecule has 1 heterocycles. The Morgan fingerprint density at radius 1 is 1.03 bits per heavy atom. The highest BCUT2D eigenvalue weighted by molar-refractivity contribution is 8.01. The van der Waals surface area contributed by atoms with Gasteiger partial charge in [0.1, 0.15) is 5.75 Å². The van der Waals surface area contributed by atoms with Crippen LogP contribution in [0, 0.1) is 13.8 Å². The van der Waals surface area contributed by atoms with E-state index in [0.717, 1.165) is 44.4 Å². The molecule has 1 atom stereocenters. The van der Waals surface area contributed by atoms with Crippen LogP contribution in [-0.2, 0) is 4.79 Å². The third-order valence-electron chi connectivity index (χ3n) is 4.94. The number of amides is 1. The van der Waals surface area contributed by atoms with Crippen molar-refractivity contribution in [2.75, 3.05) is 12.4 Å². The van der Waals surface area contributed by atoms with Crippen LogP contribution < -0.4 is 10.1 Å². The number of aryl methyl sites for hydroxylation is 2. The number of carbonyl (C=O) groups is 1. The summed E-state index contributed by atoms with van der Waals surface area (Å²) < 4.78 is 5.28. The summed E-state index contributed by atoms with van der Waals surface area (Å²) in [6, 6.07) is 22.0. The van der Waals surface area contributed by atoms with E-state index in [2.05, 4.69) is 17.4 Å². The molecule has 0 saturated heterocycles. The zero-order valence-corrected chi connectivity index (χ0v) is 18.1. The molecule has 0 spiro atoms. The molecule has 1 aliphatic heterocycles. The number of ether oxygens (including phenoxy) is 1. The van der Waals surface area contributed by atoms with E-state index in [-0.39, 0.29) is 11.2 Å². The van der Waals surface area contributed by atoms with Gasteiger partial charge in [-0.2, -0.15) is 0 Å². The van der Waals surface area contributed by atoms with Gasteiger partial charge in [-0.25, -0.2) is 0 Å². The molecule has 0 aliphatic carbocycles. The summed E-state index contributed by atoms with van der Waals surface area (Å²) in [5, 5.41) is 2.99. The number of thioether (sulfide) groups is 1. The van der Waals surface area contributed by atoms with E-state index in [1.807, 2.05) is 68.4 Å². The minimum absolute atomic E-state index is 0.0157. The molecule has 5 heteroatoms. The summed E-state index contributed by atoms with van der Waals surface area (Å²) in [6.07, 6.45) is 0.344. The quantitative estimate of drug-likeness (QED) is 0.560. The predicted octanol–water partition coefficient (Wildman–Crippen LogP) is 5.94. The van der Waals surface area contributed by atoms with Gasteiger partial charge in [0.25, 0.3) is 0 Å². The molecule has 0 aromatic heterocycles. The number of nitrogens with one attached hydrogen (secondary N) is 1. The molecule has 4 nitrogen and oxygen atoms in total. The zero-order chi connectivity index (χ0) is 21.1. The Balaban J connectivity index is 1.60. The molecule has 1 aliphatic rings. The Morgan fingerprint density at radius 2 is 1.73 bits per heavy atom.